The van der Waals surface area contributed by atoms with Crippen molar-refractivity contribution in [1.29, 1.82) is 0 Å². The maximum atomic E-state index is 12.0. The van der Waals surface area contributed by atoms with E-state index in [1.165, 1.54) is 0 Å². The van der Waals surface area contributed by atoms with Crippen LogP contribution in [0.15, 0.2) is 35.5 Å². The van der Waals surface area contributed by atoms with Crippen LogP contribution in [-0.2, 0) is 19.1 Å². The lowest BCUT2D eigenvalue weighted by Gasteiger charge is -2.04. The molecule has 6 nitrogen and oxygen atoms in total. The van der Waals surface area contributed by atoms with E-state index in [9.17, 15) is 9.59 Å². The fraction of sp³-hybridized carbons (Fsp3) is 0.438. The smallest absolute Gasteiger partial charge is 0.305 e. The zero-order valence-electron chi connectivity index (χ0n) is 12.9. The van der Waals surface area contributed by atoms with Gasteiger partial charge in [0.25, 0.3) is 0 Å². The van der Waals surface area contributed by atoms with E-state index >= 15 is 0 Å². The van der Waals surface area contributed by atoms with Crippen molar-refractivity contribution in [3.63, 3.8) is 0 Å². The fourth-order valence-corrected chi connectivity index (χ4v) is 1.57. The molecule has 0 bridgehead atoms. The SMILES string of the molecule is COCCOC(=O)CCCO/N=C(/C)C(=O)c1ccccc1. The molecule has 0 aliphatic carbocycles. The van der Waals surface area contributed by atoms with Gasteiger partial charge in [-0.25, -0.2) is 0 Å². The van der Waals surface area contributed by atoms with Gasteiger partial charge in [-0.15, -0.1) is 0 Å². The minimum Gasteiger partial charge on any atom is -0.463 e. The highest BCUT2D eigenvalue weighted by molar-refractivity contribution is 6.45. The van der Waals surface area contributed by atoms with Gasteiger partial charge in [0.2, 0.25) is 5.78 Å². The van der Waals surface area contributed by atoms with Crippen LogP contribution in [0.5, 0.6) is 0 Å². The van der Waals surface area contributed by atoms with Crippen LogP contribution >= 0.6 is 0 Å². The lowest BCUT2D eigenvalue weighted by atomic mass is 10.1. The van der Waals surface area contributed by atoms with E-state index in [1.807, 2.05) is 6.07 Å². The molecule has 0 saturated heterocycles. The van der Waals surface area contributed by atoms with Crippen LogP contribution in [0, 0.1) is 0 Å². The van der Waals surface area contributed by atoms with E-state index in [0.29, 0.717) is 18.6 Å². The molecule has 0 saturated carbocycles. The molecule has 1 rings (SSSR count). The number of Topliss-reactive ketones (excluding diaryl/α,β-unsaturated/α-hetero) is 1. The van der Waals surface area contributed by atoms with Crippen LogP contribution in [0.2, 0.25) is 0 Å². The molecule has 0 aliphatic rings. The molecule has 0 unspecified atom stereocenters. The number of oxime groups is 1. The molecule has 1 aromatic carbocycles. The summed E-state index contributed by atoms with van der Waals surface area (Å²) in [5.74, 6) is -0.485. The predicted octanol–water partition coefficient (Wildman–Crippen LogP) is 2.23. The third-order valence-electron chi connectivity index (χ3n) is 2.73. The van der Waals surface area contributed by atoms with Crippen LogP contribution in [0.1, 0.15) is 30.1 Å². The van der Waals surface area contributed by atoms with Gasteiger partial charge >= 0.3 is 5.97 Å². The van der Waals surface area contributed by atoms with Gasteiger partial charge in [-0.2, -0.15) is 0 Å². The molecule has 0 fully saturated rings. The van der Waals surface area contributed by atoms with Crippen LogP contribution in [0.25, 0.3) is 0 Å². The standard InChI is InChI=1S/C16H21NO5/c1-13(16(19)14-7-4-3-5-8-14)17-22-10-6-9-15(18)21-12-11-20-2/h3-5,7-8H,6,9-12H2,1-2H3/b17-13-. The number of rotatable bonds is 10. The second-order valence-electron chi connectivity index (χ2n) is 4.52. The second kappa shape index (κ2) is 10.5. The van der Waals surface area contributed by atoms with Crippen LogP contribution in [0.3, 0.4) is 0 Å². The summed E-state index contributed by atoms with van der Waals surface area (Å²) in [5, 5.41) is 3.77. The maximum Gasteiger partial charge on any atom is 0.305 e. The maximum absolute atomic E-state index is 12.0. The molecule has 22 heavy (non-hydrogen) atoms. The first-order valence-electron chi connectivity index (χ1n) is 7.06. The second-order valence-corrected chi connectivity index (χ2v) is 4.52. The lowest BCUT2D eigenvalue weighted by Crippen LogP contribution is -2.12. The zero-order chi connectivity index (χ0) is 16.2. The summed E-state index contributed by atoms with van der Waals surface area (Å²) in [7, 11) is 1.54. The van der Waals surface area contributed by atoms with Crippen molar-refractivity contribution < 1.29 is 23.9 Å². The highest BCUT2D eigenvalue weighted by Gasteiger charge is 2.09. The van der Waals surface area contributed by atoms with E-state index in [-0.39, 0.29) is 37.1 Å². The molecule has 6 heteroatoms. The average molecular weight is 307 g/mol. The van der Waals surface area contributed by atoms with Gasteiger partial charge in [-0.1, -0.05) is 35.5 Å². The van der Waals surface area contributed by atoms with Crippen molar-refractivity contribution in [1.82, 2.24) is 0 Å². The first kappa shape index (κ1) is 17.8. The summed E-state index contributed by atoms with van der Waals surface area (Å²) in [6.45, 7) is 2.47. The summed E-state index contributed by atoms with van der Waals surface area (Å²) in [6.07, 6.45) is 0.715. The Balaban J connectivity index is 2.22. The number of ketones is 1. The Morgan fingerprint density at radius 3 is 2.50 bits per heavy atom. The molecular weight excluding hydrogens is 286 g/mol. The fourth-order valence-electron chi connectivity index (χ4n) is 1.57. The monoisotopic (exact) mass is 307 g/mol. The highest BCUT2D eigenvalue weighted by Crippen LogP contribution is 2.02. The summed E-state index contributed by atoms with van der Waals surface area (Å²) >= 11 is 0. The Labute approximate surface area is 130 Å². The van der Waals surface area contributed by atoms with Gasteiger partial charge < -0.3 is 14.3 Å². The van der Waals surface area contributed by atoms with Crippen molar-refractivity contribution in [3.8, 4) is 0 Å². The molecule has 0 aliphatic heterocycles. The highest BCUT2D eigenvalue weighted by atomic mass is 16.6. The number of hydrogen-bond donors (Lipinski definition) is 0. The molecule has 0 radical (unpaired) electrons. The number of nitrogens with zero attached hydrogens (tertiary/aromatic N) is 1. The minimum absolute atomic E-state index is 0.181. The van der Waals surface area contributed by atoms with Crippen LogP contribution < -0.4 is 0 Å². The number of methoxy groups -OCH3 is 1. The van der Waals surface area contributed by atoms with Crippen LogP contribution in [-0.4, -0.2) is 44.4 Å². The molecule has 1 aromatic rings. The topological polar surface area (TPSA) is 74.2 Å². The summed E-state index contributed by atoms with van der Waals surface area (Å²) in [5.41, 5.74) is 0.836. The van der Waals surface area contributed by atoms with Gasteiger partial charge in [-0.05, 0) is 13.3 Å². The quantitative estimate of drug-likeness (QED) is 0.218. The third-order valence-corrected chi connectivity index (χ3v) is 2.73. The van der Waals surface area contributed by atoms with Crippen molar-refractivity contribution >= 4 is 17.5 Å². The Kier molecular flexibility index (Phi) is 8.52. The largest absolute Gasteiger partial charge is 0.463 e. The minimum atomic E-state index is -0.304. The van der Waals surface area contributed by atoms with Gasteiger partial charge in [0, 0.05) is 19.1 Å². The van der Waals surface area contributed by atoms with Crippen molar-refractivity contribution in [3.05, 3.63) is 35.9 Å². The zero-order valence-corrected chi connectivity index (χ0v) is 12.9. The van der Waals surface area contributed by atoms with Gasteiger partial charge in [-0.3, -0.25) is 9.59 Å². The Hall–Kier alpha value is -2.21. The summed E-state index contributed by atoms with van der Waals surface area (Å²) in [4.78, 5) is 28.3. The van der Waals surface area contributed by atoms with E-state index in [4.69, 9.17) is 14.3 Å². The predicted molar refractivity (Wildman–Crippen MR) is 81.9 cm³/mol. The third kappa shape index (κ3) is 6.99. The van der Waals surface area contributed by atoms with E-state index in [2.05, 4.69) is 5.16 Å². The van der Waals surface area contributed by atoms with Gasteiger partial charge in [0.1, 0.15) is 18.9 Å². The first-order valence-corrected chi connectivity index (χ1v) is 7.06. The number of ether oxygens (including phenoxy) is 2. The molecule has 0 atom stereocenters. The van der Waals surface area contributed by atoms with E-state index in [1.54, 1.807) is 38.3 Å². The summed E-state index contributed by atoms with van der Waals surface area (Å²) in [6, 6.07) is 8.85. The lowest BCUT2D eigenvalue weighted by molar-refractivity contribution is -0.145. The van der Waals surface area contributed by atoms with Gasteiger partial charge in [0.15, 0.2) is 0 Å². The molecule has 0 amide bonds. The number of esters is 1. The summed E-state index contributed by atoms with van der Waals surface area (Å²) < 4.78 is 9.67. The normalized spacial score (nSPS) is 11.1. The van der Waals surface area contributed by atoms with Crippen LogP contribution in [0.4, 0.5) is 0 Å². The van der Waals surface area contributed by atoms with E-state index < -0.39 is 0 Å². The molecule has 0 spiro atoms. The Morgan fingerprint density at radius 1 is 1.09 bits per heavy atom. The molecule has 0 aromatic heterocycles. The van der Waals surface area contributed by atoms with Crippen molar-refractivity contribution in [2.45, 2.75) is 19.8 Å². The Morgan fingerprint density at radius 2 is 1.82 bits per heavy atom. The number of carbonyl (C=O) groups is 2. The number of benzene rings is 1. The molecular formula is C16H21NO5. The average Bonchev–Trinajstić information content (AvgIpc) is 2.54. The van der Waals surface area contributed by atoms with Crippen molar-refractivity contribution in [2.24, 2.45) is 5.16 Å². The molecule has 0 N–H and O–H groups in total. The first-order chi connectivity index (χ1) is 10.6. The Bertz CT molecular complexity index is 499. The number of carbonyl (C=O) groups excluding carboxylic acids is 2. The van der Waals surface area contributed by atoms with Crippen molar-refractivity contribution in [2.75, 3.05) is 26.9 Å². The molecule has 0 heterocycles. The van der Waals surface area contributed by atoms with E-state index in [0.717, 1.165) is 0 Å². The molecule has 120 valence electrons. The van der Waals surface area contributed by atoms with Gasteiger partial charge in [0.05, 0.1) is 6.61 Å². The number of hydrogen-bond acceptors (Lipinski definition) is 6.